The van der Waals surface area contributed by atoms with Gasteiger partial charge in [-0.15, -0.1) is 0 Å². The Hall–Kier alpha value is -2.13. The minimum absolute atomic E-state index is 0.214. The second-order valence-electron chi connectivity index (χ2n) is 12.1. The lowest BCUT2D eigenvalue weighted by Gasteiger charge is -2.42. The van der Waals surface area contributed by atoms with Crippen LogP contribution in [-0.4, -0.2) is 71.5 Å². The van der Waals surface area contributed by atoms with Gasteiger partial charge in [-0.3, -0.25) is 0 Å². The molecule has 4 rings (SSSR count). The predicted octanol–water partition coefficient (Wildman–Crippen LogP) is 5.07. The van der Waals surface area contributed by atoms with Gasteiger partial charge in [-0.1, -0.05) is 26.6 Å². The maximum Gasteiger partial charge on any atom is 0.410 e. The highest BCUT2D eigenvalue weighted by Gasteiger charge is 2.36. The fraction of sp³-hybridized carbons (Fsp3) is 0.720. The minimum Gasteiger partial charge on any atom is -0.444 e. The van der Waals surface area contributed by atoms with Crippen molar-refractivity contribution in [3.8, 4) is 0 Å². The topological polar surface area (TPSA) is 72.7 Å². The number of hydrogen-bond acceptors (Lipinski definition) is 6. The number of hydrogen-bond donors (Lipinski definition) is 0. The Morgan fingerprint density at radius 3 is 2.68 bits per heavy atom. The summed E-state index contributed by atoms with van der Waals surface area (Å²) in [6.07, 6.45) is 5.64. The van der Waals surface area contributed by atoms with Crippen molar-refractivity contribution in [3.05, 3.63) is 18.1 Å². The molecule has 0 radical (unpaired) electrons. The first-order chi connectivity index (χ1) is 15.9. The molecular formula is C25H41N5O3Si. The van der Waals surface area contributed by atoms with Crippen molar-refractivity contribution >= 4 is 31.0 Å². The molecule has 1 fully saturated rings. The Morgan fingerprint density at radius 2 is 1.97 bits per heavy atom. The highest BCUT2D eigenvalue weighted by atomic mass is 28.3. The molecule has 2 aromatic rings. The first-order valence-corrected chi connectivity index (χ1v) is 16.3. The SMILES string of the molecule is CC1CN([C@@H]2CCCN(C(=O)OC(C)(C)C)C2)c2ncnc3c2c1cn3COCC[Si](C)(C)C. The van der Waals surface area contributed by atoms with E-state index in [9.17, 15) is 4.79 Å². The second-order valence-corrected chi connectivity index (χ2v) is 17.7. The summed E-state index contributed by atoms with van der Waals surface area (Å²) < 4.78 is 13.8. The van der Waals surface area contributed by atoms with Gasteiger partial charge in [0.2, 0.25) is 0 Å². The predicted molar refractivity (Wildman–Crippen MR) is 138 cm³/mol. The molecular weight excluding hydrogens is 446 g/mol. The molecule has 8 nitrogen and oxygen atoms in total. The molecule has 0 spiro atoms. The van der Waals surface area contributed by atoms with E-state index in [0.29, 0.717) is 19.2 Å². The van der Waals surface area contributed by atoms with Crippen LogP contribution < -0.4 is 4.90 Å². The van der Waals surface area contributed by atoms with Gasteiger partial charge in [0.25, 0.3) is 0 Å². The number of carbonyl (C=O) groups is 1. The molecule has 0 saturated carbocycles. The van der Waals surface area contributed by atoms with Crippen molar-refractivity contribution in [2.24, 2.45) is 0 Å². The Morgan fingerprint density at radius 1 is 1.21 bits per heavy atom. The summed E-state index contributed by atoms with van der Waals surface area (Å²) in [5.74, 6) is 1.33. The second kappa shape index (κ2) is 9.49. The molecule has 0 N–H and O–H groups in total. The molecule has 9 heteroatoms. The summed E-state index contributed by atoms with van der Waals surface area (Å²) in [5, 5.41) is 1.13. The number of ether oxygens (including phenoxy) is 2. The maximum atomic E-state index is 12.7. The summed E-state index contributed by atoms with van der Waals surface area (Å²) in [7, 11) is -1.12. The van der Waals surface area contributed by atoms with Crippen molar-refractivity contribution in [2.45, 2.75) is 90.5 Å². The number of likely N-dealkylation sites (tertiary alicyclic amines) is 1. The molecule has 2 atom stereocenters. The molecule has 1 amide bonds. The molecule has 0 aromatic carbocycles. The van der Waals surface area contributed by atoms with E-state index in [2.05, 4.69) is 47.2 Å². The van der Waals surface area contributed by atoms with Gasteiger partial charge in [0, 0.05) is 52.5 Å². The average Bonchev–Trinajstić information content (AvgIpc) is 3.12. The Kier molecular flexibility index (Phi) is 6.97. The van der Waals surface area contributed by atoms with E-state index in [1.165, 1.54) is 5.56 Å². The van der Waals surface area contributed by atoms with E-state index in [4.69, 9.17) is 14.5 Å². The molecule has 34 heavy (non-hydrogen) atoms. The fourth-order valence-corrected chi connectivity index (χ4v) is 5.63. The lowest BCUT2D eigenvalue weighted by atomic mass is 9.94. The van der Waals surface area contributed by atoms with Crippen molar-refractivity contribution in [1.29, 1.82) is 0 Å². The Balaban J connectivity index is 1.54. The smallest absolute Gasteiger partial charge is 0.410 e. The molecule has 2 aliphatic rings. The van der Waals surface area contributed by atoms with Gasteiger partial charge in [-0.2, -0.15) is 0 Å². The third kappa shape index (κ3) is 5.57. The number of anilines is 1. The van der Waals surface area contributed by atoms with E-state index in [1.54, 1.807) is 6.33 Å². The quantitative estimate of drug-likeness (QED) is 0.419. The van der Waals surface area contributed by atoms with E-state index in [0.717, 1.165) is 55.4 Å². The lowest BCUT2D eigenvalue weighted by molar-refractivity contribution is 0.0197. The van der Waals surface area contributed by atoms with Crippen LogP contribution in [0.15, 0.2) is 12.5 Å². The van der Waals surface area contributed by atoms with Crippen LogP contribution in [0.4, 0.5) is 10.6 Å². The number of aromatic nitrogens is 3. The van der Waals surface area contributed by atoms with Gasteiger partial charge < -0.3 is 23.8 Å². The van der Waals surface area contributed by atoms with E-state index < -0.39 is 13.7 Å². The Labute approximate surface area is 204 Å². The maximum absolute atomic E-state index is 12.7. The molecule has 4 heterocycles. The van der Waals surface area contributed by atoms with Crippen LogP contribution in [0, 0.1) is 0 Å². The zero-order valence-electron chi connectivity index (χ0n) is 21.9. The number of rotatable bonds is 6. The van der Waals surface area contributed by atoms with E-state index in [-0.39, 0.29) is 12.1 Å². The summed E-state index contributed by atoms with van der Waals surface area (Å²) in [4.78, 5) is 26.4. The van der Waals surface area contributed by atoms with Gasteiger partial charge >= 0.3 is 6.09 Å². The van der Waals surface area contributed by atoms with Crippen molar-refractivity contribution in [3.63, 3.8) is 0 Å². The van der Waals surface area contributed by atoms with Crippen LogP contribution in [0.2, 0.25) is 25.7 Å². The fourth-order valence-electron chi connectivity index (χ4n) is 4.87. The van der Waals surface area contributed by atoms with Crippen LogP contribution >= 0.6 is 0 Å². The molecule has 0 bridgehead atoms. The van der Waals surface area contributed by atoms with Gasteiger partial charge in [0.1, 0.15) is 30.1 Å². The highest BCUT2D eigenvalue weighted by molar-refractivity contribution is 6.76. The zero-order valence-corrected chi connectivity index (χ0v) is 22.9. The van der Waals surface area contributed by atoms with Crippen LogP contribution in [0.1, 0.15) is 52.0 Å². The average molecular weight is 488 g/mol. The third-order valence-corrected chi connectivity index (χ3v) is 8.36. The molecule has 2 aliphatic heterocycles. The summed E-state index contributed by atoms with van der Waals surface area (Å²) in [6, 6.07) is 1.37. The summed E-state index contributed by atoms with van der Waals surface area (Å²) in [5.41, 5.74) is 1.73. The number of piperidine rings is 1. The van der Waals surface area contributed by atoms with E-state index >= 15 is 0 Å². The van der Waals surface area contributed by atoms with Gasteiger partial charge in [0.05, 0.1) is 5.39 Å². The van der Waals surface area contributed by atoms with Gasteiger partial charge in [0.15, 0.2) is 0 Å². The molecule has 2 aromatic heterocycles. The standard InChI is InChI=1S/C25H41N5O3Si/c1-18-13-30(19-9-8-10-28(14-19)24(31)33-25(2,3)4)23-21-20(18)15-29(22(21)26-16-27-23)17-32-11-12-34(5,6)7/h15-16,18-19H,8-14,17H2,1-7H3/t18?,19-/m1/s1. The first kappa shape index (κ1) is 25.0. The van der Waals surface area contributed by atoms with Crippen LogP contribution in [0.5, 0.6) is 0 Å². The lowest BCUT2D eigenvalue weighted by Crippen LogP contribution is -2.52. The van der Waals surface area contributed by atoms with Crippen molar-refractivity contribution < 1.29 is 14.3 Å². The normalized spacial score (nSPS) is 21.3. The molecule has 188 valence electrons. The third-order valence-electron chi connectivity index (χ3n) is 6.65. The van der Waals surface area contributed by atoms with Crippen molar-refractivity contribution in [2.75, 3.05) is 31.1 Å². The summed E-state index contributed by atoms with van der Waals surface area (Å²) >= 11 is 0. The molecule has 1 saturated heterocycles. The first-order valence-electron chi connectivity index (χ1n) is 12.6. The van der Waals surface area contributed by atoms with Crippen LogP contribution in [0.3, 0.4) is 0 Å². The van der Waals surface area contributed by atoms with Gasteiger partial charge in [-0.05, 0) is 45.2 Å². The highest BCUT2D eigenvalue weighted by Crippen LogP contribution is 2.40. The molecule has 0 aliphatic carbocycles. The van der Waals surface area contributed by atoms with Crippen LogP contribution in [0.25, 0.3) is 11.0 Å². The number of nitrogens with zero attached hydrogens (tertiary/aromatic N) is 5. The monoisotopic (exact) mass is 487 g/mol. The minimum atomic E-state index is -1.12. The van der Waals surface area contributed by atoms with Crippen molar-refractivity contribution in [1.82, 2.24) is 19.4 Å². The number of amides is 1. The largest absolute Gasteiger partial charge is 0.444 e. The van der Waals surface area contributed by atoms with Gasteiger partial charge in [-0.25, -0.2) is 14.8 Å². The molecule has 1 unspecified atom stereocenters. The number of carbonyl (C=O) groups excluding carboxylic acids is 1. The summed E-state index contributed by atoms with van der Waals surface area (Å²) in [6.45, 7) is 18.7. The van der Waals surface area contributed by atoms with E-state index in [1.807, 2.05) is 25.7 Å². The Bertz CT molecular complexity index is 1030. The zero-order chi connectivity index (χ0) is 24.7. The van der Waals surface area contributed by atoms with Crippen LogP contribution in [-0.2, 0) is 16.2 Å².